The van der Waals surface area contributed by atoms with Gasteiger partial charge in [-0.1, -0.05) is 25.7 Å². The third-order valence-electron chi connectivity index (χ3n) is 4.08. The van der Waals surface area contributed by atoms with E-state index in [0.29, 0.717) is 0 Å². The van der Waals surface area contributed by atoms with E-state index in [1.165, 1.54) is 45.1 Å². The average Bonchev–Trinajstić information content (AvgIpc) is 2.71. The molecule has 2 unspecified atom stereocenters. The predicted molar refractivity (Wildman–Crippen MR) is 62.8 cm³/mol. The van der Waals surface area contributed by atoms with Gasteiger partial charge in [0.25, 0.3) is 0 Å². The van der Waals surface area contributed by atoms with E-state index in [-0.39, 0.29) is 6.10 Å². The Balaban J connectivity index is 1.64. The van der Waals surface area contributed by atoms with E-state index >= 15 is 0 Å². The van der Waals surface area contributed by atoms with Gasteiger partial charge in [0, 0.05) is 0 Å². The van der Waals surface area contributed by atoms with Crippen LogP contribution in [0.5, 0.6) is 0 Å². The molecule has 2 heteroatoms. The number of aliphatic hydroxyl groups excluding tert-OH is 1. The van der Waals surface area contributed by atoms with Gasteiger partial charge in [0.05, 0.1) is 6.10 Å². The fourth-order valence-corrected chi connectivity index (χ4v) is 3.24. The van der Waals surface area contributed by atoms with Gasteiger partial charge in [-0.05, 0) is 50.6 Å². The first-order valence-electron chi connectivity index (χ1n) is 6.73. The van der Waals surface area contributed by atoms with Crippen molar-refractivity contribution in [1.29, 1.82) is 0 Å². The van der Waals surface area contributed by atoms with Crippen molar-refractivity contribution < 1.29 is 5.11 Å². The second-order valence-electron chi connectivity index (χ2n) is 5.49. The van der Waals surface area contributed by atoms with Gasteiger partial charge in [0.15, 0.2) is 0 Å². The molecule has 0 spiro atoms. The Morgan fingerprint density at radius 3 is 2.33 bits per heavy atom. The van der Waals surface area contributed by atoms with Crippen LogP contribution in [-0.4, -0.2) is 24.3 Å². The molecule has 0 bridgehead atoms. The fourth-order valence-electron chi connectivity index (χ4n) is 3.24. The summed E-state index contributed by atoms with van der Waals surface area (Å²) in [5.41, 5.74) is 0. The standard InChI is InChI=1S/C13H25NO/c15-13(8-11-4-1-2-5-11)9-12-6-3-7-14-10-12/h11-15H,1-10H2. The van der Waals surface area contributed by atoms with Crippen LogP contribution in [0.15, 0.2) is 0 Å². The van der Waals surface area contributed by atoms with Gasteiger partial charge in [-0.15, -0.1) is 0 Å². The lowest BCUT2D eigenvalue weighted by Gasteiger charge is -2.25. The lowest BCUT2D eigenvalue weighted by molar-refractivity contribution is 0.108. The van der Waals surface area contributed by atoms with Crippen LogP contribution in [0.1, 0.15) is 51.4 Å². The van der Waals surface area contributed by atoms with E-state index < -0.39 is 0 Å². The van der Waals surface area contributed by atoms with Crippen LogP contribution in [0, 0.1) is 11.8 Å². The van der Waals surface area contributed by atoms with Crippen molar-refractivity contribution in [2.45, 2.75) is 57.5 Å². The molecule has 2 aliphatic rings. The number of rotatable bonds is 4. The molecule has 1 aliphatic heterocycles. The maximum absolute atomic E-state index is 10.0. The normalized spacial score (nSPS) is 30.6. The van der Waals surface area contributed by atoms with Crippen molar-refractivity contribution in [2.75, 3.05) is 13.1 Å². The van der Waals surface area contributed by atoms with Gasteiger partial charge < -0.3 is 10.4 Å². The lowest BCUT2D eigenvalue weighted by Crippen LogP contribution is -2.32. The molecular weight excluding hydrogens is 186 g/mol. The molecule has 1 heterocycles. The van der Waals surface area contributed by atoms with Gasteiger partial charge in [-0.2, -0.15) is 0 Å². The minimum Gasteiger partial charge on any atom is -0.393 e. The van der Waals surface area contributed by atoms with Gasteiger partial charge in [0.1, 0.15) is 0 Å². The molecule has 2 atom stereocenters. The summed E-state index contributed by atoms with van der Waals surface area (Å²) in [4.78, 5) is 0. The van der Waals surface area contributed by atoms with Gasteiger partial charge >= 0.3 is 0 Å². The largest absolute Gasteiger partial charge is 0.393 e. The minimum absolute atomic E-state index is 0.0296. The summed E-state index contributed by atoms with van der Waals surface area (Å²) in [5.74, 6) is 1.56. The second kappa shape index (κ2) is 5.86. The number of aliphatic hydroxyl groups is 1. The highest BCUT2D eigenvalue weighted by Crippen LogP contribution is 2.30. The minimum atomic E-state index is -0.0296. The van der Waals surface area contributed by atoms with Crippen molar-refractivity contribution in [3.05, 3.63) is 0 Å². The quantitative estimate of drug-likeness (QED) is 0.748. The van der Waals surface area contributed by atoms with Gasteiger partial charge in [0.2, 0.25) is 0 Å². The summed E-state index contributed by atoms with van der Waals surface area (Å²) in [6.45, 7) is 2.30. The Morgan fingerprint density at radius 2 is 1.67 bits per heavy atom. The van der Waals surface area contributed by atoms with Crippen molar-refractivity contribution in [1.82, 2.24) is 5.32 Å². The van der Waals surface area contributed by atoms with E-state index in [9.17, 15) is 5.11 Å². The Hall–Kier alpha value is -0.0800. The molecule has 0 amide bonds. The Kier molecular flexibility index (Phi) is 4.45. The van der Waals surface area contributed by atoms with Crippen LogP contribution in [-0.2, 0) is 0 Å². The monoisotopic (exact) mass is 211 g/mol. The predicted octanol–water partition coefficient (Wildman–Crippen LogP) is 2.32. The zero-order valence-corrected chi connectivity index (χ0v) is 9.75. The highest BCUT2D eigenvalue weighted by molar-refractivity contribution is 4.76. The number of hydrogen-bond donors (Lipinski definition) is 2. The fraction of sp³-hybridized carbons (Fsp3) is 1.00. The smallest absolute Gasteiger partial charge is 0.0546 e. The summed E-state index contributed by atoms with van der Waals surface area (Å²) in [7, 11) is 0. The third kappa shape index (κ3) is 3.76. The highest BCUT2D eigenvalue weighted by atomic mass is 16.3. The Morgan fingerprint density at radius 1 is 1.00 bits per heavy atom. The molecule has 0 aromatic heterocycles. The zero-order valence-electron chi connectivity index (χ0n) is 9.75. The van der Waals surface area contributed by atoms with E-state index in [4.69, 9.17) is 0 Å². The zero-order chi connectivity index (χ0) is 10.5. The SMILES string of the molecule is OC(CC1CCCC1)CC1CCCNC1. The van der Waals surface area contributed by atoms with Gasteiger partial charge in [-0.25, -0.2) is 0 Å². The van der Waals surface area contributed by atoms with Crippen LogP contribution in [0.3, 0.4) is 0 Å². The number of piperidine rings is 1. The number of nitrogens with one attached hydrogen (secondary N) is 1. The van der Waals surface area contributed by atoms with E-state index in [2.05, 4.69) is 5.32 Å². The Bertz CT molecular complexity index is 171. The van der Waals surface area contributed by atoms with Crippen molar-refractivity contribution in [2.24, 2.45) is 11.8 Å². The molecule has 2 N–H and O–H groups in total. The molecule has 0 aromatic carbocycles. The first kappa shape index (κ1) is 11.4. The van der Waals surface area contributed by atoms with Crippen LogP contribution >= 0.6 is 0 Å². The van der Waals surface area contributed by atoms with Gasteiger partial charge in [-0.3, -0.25) is 0 Å². The Labute approximate surface area is 93.5 Å². The molecule has 1 saturated carbocycles. The summed E-state index contributed by atoms with van der Waals surface area (Å²) in [6, 6.07) is 0. The molecule has 15 heavy (non-hydrogen) atoms. The summed E-state index contributed by atoms with van der Waals surface area (Å²) >= 11 is 0. The number of hydrogen-bond acceptors (Lipinski definition) is 2. The summed E-state index contributed by atoms with van der Waals surface area (Å²) < 4.78 is 0. The lowest BCUT2D eigenvalue weighted by atomic mass is 9.89. The molecule has 2 nitrogen and oxygen atoms in total. The second-order valence-corrected chi connectivity index (χ2v) is 5.49. The summed E-state index contributed by atoms with van der Waals surface area (Å²) in [6.07, 6.45) is 10.2. The molecular formula is C13H25NO. The molecule has 1 aliphatic carbocycles. The van der Waals surface area contributed by atoms with Crippen molar-refractivity contribution in [3.63, 3.8) is 0 Å². The summed E-state index contributed by atoms with van der Waals surface area (Å²) in [5, 5.41) is 13.5. The molecule has 0 radical (unpaired) electrons. The van der Waals surface area contributed by atoms with Crippen LogP contribution in [0.2, 0.25) is 0 Å². The third-order valence-corrected chi connectivity index (χ3v) is 4.08. The van der Waals surface area contributed by atoms with Crippen LogP contribution < -0.4 is 5.32 Å². The van der Waals surface area contributed by atoms with Crippen LogP contribution in [0.4, 0.5) is 0 Å². The molecule has 1 saturated heterocycles. The van der Waals surface area contributed by atoms with Crippen molar-refractivity contribution in [3.8, 4) is 0 Å². The molecule has 88 valence electrons. The van der Waals surface area contributed by atoms with Crippen LogP contribution in [0.25, 0.3) is 0 Å². The first-order chi connectivity index (χ1) is 7.34. The van der Waals surface area contributed by atoms with E-state index in [0.717, 1.165) is 31.2 Å². The first-order valence-corrected chi connectivity index (χ1v) is 6.73. The molecule has 2 rings (SSSR count). The average molecular weight is 211 g/mol. The molecule has 2 fully saturated rings. The van der Waals surface area contributed by atoms with Crippen molar-refractivity contribution >= 4 is 0 Å². The maximum atomic E-state index is 10.0. The topological polar surface area (TPSA) is 32.3 Å². The molecule has 0 aromatic rings. The highest BCUT2D eigenvalue weighted by Gasteiger charge is 2.22. The maximum Gasteiger partial charge on any atom is 0.0546 e. The van der Waals surface area contributed by atoms with E-state index in [1.807, 2.05) is 0 Å². The van der Waals surface area contributed by atoms with E-state index in [1.54, 1.807) is 0 Å².